The lowest BCUT2D eigenvalue weighted by Gasteiger charge is -2.27. The molecule has 12 aromatic rings. The van der Waals surface area contributed by atoms with Gasteiger partial charge in [0.2, 0.25) is 0 Å². The van der Waals surface area contributed by atoms with Crippen molar-refractivity contribution in [2.24, 2.45) is 0 Å². The summed E-state index contributed by atoms with van der Waals surface area (Å²) >= 11 is 0. The van der Waals surface area contributed by atoms with E-state index in [2.05, 4.69) is 217 Å². The molecular formula is C56H35N. The zero-order valence-corrected chi connectivity index (χ0v) is 31.2. The lowest BCUT2D eigenvalue weighted by Crippen LogP contribution is -2.10. The summed E-state index contributed by atoms with van der Waals surface area (Å²) in [5.74, 6) is 0. The van der Waals surface area contributed by atoms with E-state index in [9.17, 15) is 0 Å². The Bertz CT molecular complexity index is 3480. The van der Waals surface area contributed by atoms with Crippen molar-refractivity contribution in [2.75, 3.05) is 4.90 Å². The molecule has 0 fully saturated rings. The van der Waals surface area contributed by atoms with Gasteiger partial charge in [-0.1, -0.05) is 176 Å². The number of nitrogens with zero attached hydrogens (tertiary/aromatic N) is 1. The van der Waals surface area contributed by atoms with Gasteiger partial charge in [-0.15, -0.1) is 0 Å². The minimum absolute atomic E-state index is 1.11. The Kier molecular flexibility index (Phi) is 7.00. The van der Waals surface area contributed by atoms with Crippen LogP contribution in [0, 0.1) is 0 Å². The number of benzene rings is 11. The van der Waals surface area contributed by atoms with E-state index in [1.165, 1.54) is 97.7 Å². The minimum atomic E-state index is 1.11. The van der Waals surface area contributed by atoms with Crippen LogP contribution in [-0.2, 0) is 0 Å². The van der Waals surface area contributed by atoms with Crippen LogP contribution in [0.15, 0.2) is 212 Å². The van der Waals surface area contributed by atoms with Crippen LogP contribution in [0.2, 0.25) is 0 Å². The first-order valence-electron chi connectivity index (χ1n) is 19.8. The second-order valence-corrected chi connectivity index (χ2v) is 15.3. The van der Waals surface area contributed by atoms with Crippen LogP contribution in [0.4, 0.5) is 17.1 Å². The molecule has 0 radical (unpaired) electrons. The van der Waals surface area contributed by atoms with Gasteiger partial charge in [0.15, 0.2) is 0 Å². The predicted octanol–water partition coefficient (Wildman–Crippen LogP) is 16.0. The molecule has 12 aromatic carbocycles. The van der Waals surface area contributed by atoms with Crippen LogP contribution in [0.5, 0.6) is 0 Å². The number of hydrogen-bond donors (Lipinski definition) is 0. The second kappa shape index (κ2) is 12.5. The third-order valence-electron chi connectivity index (χ3n) is 12.1. The molecule has 0 aliphatic heterocycles. The first-order chi connectivity index (χ1) is 28.3. The number of rotatable bonds is 5. The van der Waals surface area contributed by atoms with Gasteiger partial charge in [0.1, 0.15) is 0 Å². The highest BCUT2D eigenvalue weighted by Crippen LogP contribution is 2.46. The maximum absolute atomic E-state index is 2.44. The molecule has 0 saturated heterocycles. The van der Waals surface area contributed by atoms with E-state index in [4.69, 9.17) is 0 Å². The van der Waals surface area contributed by atoms with Gasteiger partial charge < -0.3 is 4.90 Å². The van der Waals surface area contributed by atoms with E-state index in [0.29, 0.717) is 0 Å². The average molecular weight is 722 g/mol. The molecule has 0 aliphatic rings. The van der Waals surface area contributed by atoms with Crippen molar-refractivity contribution in [2.45, 2.75) is 0 Å². The maximum Gasteiger partial charge on any atom is 0.0474 e. The zero-order valence-electron chi connectivity index (χ0n) is 31.2. The van der Waals surface area contributed by atoms with Crippen molar-refractivity contribution >= 4 is 92.5 Å². The molecule has 0 spiro atoms. The van der Waals surface area contributed by atoms with Crippen LogP contribution < -0.4 is 4.90 Å². The van der Waals surface area contributed by atoms with Crippen LogP contribution in [0.3, 0.4) is 0 Å². The molecule has 1 heteroatoms. The van der Waals surface area contributed by atoms with E-state index >= 15 is 0 Å². The van der Waals surface area contributed by atoms with Crippen molar-refractivity contribution in [3.05, 3.63) is 212 Å². The zero-order chi connectivity index (χ0) is 37.5. The summed E-state index contributed by atoms with van der Waals surface area (Å²) in [5.41, 5.74) is 8.24. The Morgan fingerprint density at radius 2 is 0.667 bits per heavy atom. The molecule has 0 N–H and O–H groups in total. The molecule has 0 heterocycles. The Hall–Kier alpha value is -7.48. The number of para-hydroxylation sites is 1. The first kappa shape index (κ1) is 31.8. The molecule has 1 nitrogen and oxygen atoms in total. The second-order valence-electron chi connectivity index (χ2n) is 15.3. The fourth-order valence-electron chi connectivity index (χ4n) is 9.54. The molecule has 0 aliphatic carbocycles. The Morgan fingerprint density at radius 3 is 1.32 bits per heavy atom. The Labute approximate surface area is 330 Å². The van der Waals surface area contributed by atoms with E-state index < -0.39 is 0 Å². The molecule has 0 unspecified atom stereocenters. The van der Waals surface area contributed by atoms with Gasteiger partial charge in [0.05, 0.1) is 0 Å². The highest BCUT2D eigenvalue weighted by Gasteiger charge is 2.19. The standard InChI is InChI=1S/C56H35N/c1-2-15-44(16-3-1)57(45-32-30-37(31-33-45)36-22-24-39(25-23-36)48-18-6-11-38-10-4-5-17-47(38)48)46-34-43-29-28-42-13-8-20-50-49-19-7-12-40-26-27-41-14-9-21-51(55(41)53(40)49)52(35-46)56(43)54(42)50/h1-35H. The molecule has 0 saturated carbocycles. The van der Waals surface area contributed by atoms with Crippen LogP contribution in [0.25, 0.3) is 97.7 Å². The highest BCUT2D eigenvalue weighted by atomic mass is 15.1. The van der Waals surface area contributed by atoms with Gasteiger partial charge in [0.25, 0.3) is 0 Å². The van der Waals surface area contributed by atoms with Crippen LogP contribution >= 0.6 is 0 Å². The summed E-state index contributed by atoms with van der Waals surface area (Å²) < 4.78 is 0. The smallest absolute Gasteiger partial charge is 0.0474 e. The number of fused-ring (bicyclic) bond motifs is 3. The van der Waals surface area contributed by atoms with Crippen molar-refractivity contribution in [3.63, 3.8) is 0 Å². The largest absolute Gasteiger partial charge is 0.310 e. The first-order valence-corrected chi connectivity index (χ1v) is 19.8. The quantitative estimate of drug-likeness (QED) is 0.160. The topological polar surface area (TPSA) is 3.24 Å². The summed E-state index contributed by atoms with van der Waals surface area (Å²) in [5, 5.41) is 18.0. The van der Waals surface area contributed by atoms with E-state index in [-0.39, 0.29) is 0 Å². The summed E-state index contributed by atoms with van der Waals surface area (Å²) in [6.45, 7) is 0. The normalized spacial score (nSPS) is 11.9. The molecule has 12 rings (SSSR count). The summed E-state index contributed by atoms with van der Waals surface area (Å²) in [6.07, 6.45) is 0. The van der Waals surface area contributed by atoms with Gasteiger partial charge in [-0.05, 0) is 134 Å². The minimum Gasteiger partial charge on any atom is -0.310 e. The number of hydrogen-bond acceptors (Lipinski definition) is 1. The Balaban J connectivity index is 1.05. The van der Waals surface area contributed by atoms with Crippen molar-refractivity contribution in [3.8, 4) is 22.3 Å². The van der Waals surface area contributed by atoms with E-state index in [1.807, 2.05) is 0 Å². The van der Waals surface area contributed by atoms with Gasteiger partial charge in [-0.25, -0.2) is 0 Å². The van der Waals surface area contributed by atoms with Gasteiger partial charge in [-0.2, -0.15) is 0 Å². The van der Waals surface area contributed by atoms with Crippen LogP contribution in [-0.4, -0.2) is 0 Å². The Morgan fingerprint density at radius 1 is 0.228 bits per heavy atom. The monoisotopic (exact) mass is 721 g/mol. The fourth-order valence-corrected chi connectivity index (χ4v) is 9.54. The molecule has 0 atom stereocenters. The van der Waals surface area contributed by atoms with Gasteiger partial charge in [-0.3, -0.25) is 0 Å². The molecule has 0 bridgehead atoms. The predicted molar refractivity (Wildman–Crippen MR) is 246 cm³/mol. The number of anilines is 3. The SMILES string of the molecule is c1ccc(N(c2ccc(-c3ccc(-c4cccc5ccccc45)cc3)cc2)c2cc3ccc4cccc5c6cccc7ccc8cccc(c(c2)c3c45)c8c76)cc1. The van der Waals surface area contributed by atoms with Crippen LogP contribution in [0.1, 0.15) is 0 Å². The van der Waals surface area contributed by atoms with Gasteiger partial charge >= 0.3 is 0 Å². The molecule has 0 aromatic heterocycles. The molecule has 264 valence electrons. The van der Waals surface area contributed by atoms with E-state index in [1.54, 1.807) is 0 Å². The molecule has 0 amide bonds. The van der Waals surface area contributed by atoms with Crippen molar-refractivity contribution in [1.82, 2.24) is 0 Å². The lowest BCUT2D eigenvalue weighted by molar-refractivity contribution is 1.29. The molecule has 57 heavy (non-hydrogen) atoms. The fraction of sp³-hybridized carbons (Fsp3) is 0. The van der Waals surface area contributed by atoms with E-state index in [0.717, 1.165) is 17.1 Å². The third kappa shape index (κ3) is 4.96. The average Bonchev–Trinajstić information content (AvgIpc) is 3.28. The molecular weight excluding hydrogens is 687 g/mol. The summed E-state index contributed by atoms with van der Waals surface area (Å²) in [7, 11) is 0. The summed E-state index contributed by atoms with van der Waals surface area (Å²) in [6, 6.07) is 78.4. The van der Waals surface area contributed by atoms with Crippen molar-refractivity contribution < 1.29 is 0 Å². The maximum atomic E-state index is 2.44. The third-order valence-corrected chi connectivity index (χ3v) is 12.1. The lowest BCUT2D eigenvalue weighted by atomic mass is 9.87. The highest BCUT2D eigenvalue weighted by molar-refractivity contribution is 6.37. The van der Waals surface area contributed by atoms with Crippen molar-refractivity contribution in [1.29, 1.82) is 0 Å². The summed E-state index contributed by atoms with van der Waals surface area (Å²) in [4.78, 5) is 2.41. The van der Waals surface area contributed by atoms with Gasteiger partial charge in [0, 0.05) is 17.1 Å².